The van der Waals surface area contributed by atoms with Crippen LogP contribution in [0.1, 0.15) is 49.7 Å². The second kappa shape index (κ2) is 16.0. The zero-order valence-electron chi connectivity index (χ0n) is 33.0. The molecule has 8 rings (SSSR count). The number of hydrogen-bond acceptors (Lipinski definition) is 8. The fourth-order valence-electron chi connectivity index (χ4n) is 10.7. The van der Waals surface area contributed by atoms with Gasteiger partial charge in [-0.25, -0.2) is 26.4 Å². The smallest absolute Gasteiger partial charge is 0.407 e. The van der Waals surface area contributed by atoms with Crippen molar-refractivity contribution in [2.75, 3.05) is 75.8 Å². The number of halogens is 3. The molecule has 3 aromatic rings. The Kier molecular flexibility index (Phi) is 11.1. The number of rotatable bonds is 12. The van der Waals surface area contributed by atoms with Gasteiger partial charge in [0.25, 0.3) is 0 Å². The first-order valence-electron chi connectivity index (χ1n) is 20.4. The summed E-state index contributed by atoms with van der Waals surface area (Å²) in [5, 5.41) is 3.12. The third-order valence-electron chi connectivity index (χ3n) is 13.5. The minimum atomic E-state index is -4.12. The topological polar surface area (TPSA) is 103 Å². The molecule has 4 fully saturated rings. The van der Waals surface area contributed by atoms with Gasteiger partial charge in [0.2, 0.25) is 15.7 Å². The quantitative estimate of drug-likeness (QED) is 0.213. The van der Waals surface area contributed by atoms with E-state index in [1.807, 2.05) is 6.07 Å². The van der Waals surface area contributed by atoms with Crippen molar-refractivity contribution in [3.8, 4) is 0 Å². The van der Waals surface area contributed by atoms with Crippen molar-refractivity contribution < 1.29 is 35.9 Å². The van der Waals surface area contributed by atoms with E-state index >= 15 is 13.2 Å². The van der Waals surface area contributed by atoms with Gasteiger partial charge in [0.15, 0.2) is 5.67 Å². The predicted molar refractivity (Wildman–Crippen MR) is 216 cm³/mol. The van der Waals surface area contributed by atoms with Crippen LogP contribution in [0.3, 0.4) is 0 Å². The number of amides is 2. The number of piperidine rings is 1. The lowest BCUT2D eigenvalue weighted by Gasteiger charge is -2.54. The van der Waals surface area contributed by atoms with Gasteiger partial charge in [-0.2, -0.15) is 0 Å². The Morgan fingerprint density at radius 1 is 0.931 bits per heavy atom. The molecule has 3 aromatic carbocycles. The highest BCUT2D eigenvalue weighted by Gasteiger charge is 2.54. The summed E-state index contributed by atoms with van der Waals surface area (Å²) in [6.45, 7) is 8.01. The summed E-state index contributed by atoms with van der Waals surface area (Å²) in [5.74, 6) is -1.12. The van der Waals surface area contributed by atoms with Gasteiger partial charge in [-0.3, -0.25) is 9.69 Å². The molecule has 58 heavy (non-hydrogen) atoms. The Morgan fingerprint density at radius 2 is 1.69 bits per heavy atom. The summed E-state index contributed by atoms with van der Waals surface area (Å²) < 4.78 is 79.6. The normalized spacial score (nSPS) is 23.4. The van der Waals surface area contributed by atoms with Crippen LogP contribution in [0.5, 0.6) is 0 Å². The lowest BCUT2D eigenvalue weighted by Crippen LogP contribution is -2.65. The van der Waals surface area contributed by atoms with Crippen molar-refractivity contribution in [2.45, 2.75) is 71.9 Å². The number of methoxy groups -OCH3 is 1. The third kappa shape index (κ3) is 7.40. The van der Waals surface area contributed by atoms with E-state index < -0.39 is 32.8 Å². The number of alkyl carbamates (subject to hydrolysis) is 1. The van der Waals surface area contributed by atoms with Crippen LogP contribution in [0.15, 0.2) is 83.1 Å². The van der Waals surface area contributed by atoms with Crippen molar-refractivity contribution >= 4 is 33.2 Å². The molecule has 5 aliphatic rings. The zero-order chi connectivity index (χ0) is 40.8. The fourth-order valence-corrected chi connectivity index (χ4v) is 12.2. The summed E-state index contributed by atoms with van der Waals surface area (Å²) in [6.07, 6.45) is 6.42. The highest BCUT2D eigenvalue weighted by Crippen LogP contribution is 2.52. The molecule has 1 N–H and O–H groups in total. The molecule has 3 atom stereocenters. The number of benzene rings is 3. The molecule has 0 radical (unpaired) electrons. The number of anilines is 2. The van der Waals surface area contributed by atoms with Gasteiger partial charge in [0, 0.05) is 36.8 Å². The molecule has 1 saturated carbocycles. The third-order valence-corrected chi connectivity index (χ3v) is 15.4. The number of likely N-dealkylation sites (tertiary alicyclic amines) is 2. The summed E-state index contributed by atoms with van der Waals surface area (Å²) in [6, 6.07) is 15.3. The molecule has 4 heterocycles. The maximum atomic E-state index is 16.4. The molecule has 310 valence electrons. The maximum absolute atomic E-state index is 16.4. The summed E-state index contributed by atoms with van der Waals surface area (Å²) in [4.78, 5) is 32.3. The largest absolute Gasteiger partial charge is 0.453 e. The Hall–Kier alpha value is -4.40. The molecule has 0 spiro atoms. The van der Waals surface area contributed by atoms with Crippen molar-refractivity contribution in [3.05, 3.63) is 96.1 Å². The summed E-state index contributed by atoms with van der Waals surface area (Å²) in [5.41, 5.74) is 0.0926. The van der Waals surface area contributed by atoms with Crippen LogP contribution >= 0.6 is 0 Å². The first-order chi connectivity index (χ1) is 27.8. The van der Waals surface area contributed by atoms with Crippen LogP contribution in [0.4, 0.5) is 29.3 Å². The average Bonchev–Trinajstić information content (AvgIpc) is 3.84. The van der Waals surface area contributed by atoms with Gasteiger partial charge < -0.3 is 24.8 Å². The number of nitrogens with zero attached hydrogens (tertiary/aromatic N) is 4. The first kappa shape index (κ1) is 40.4. The number of carbonyl (C=O) groups excluding carboxylic acids is 2. The van der Waals surface area contributed by atoms with Gasteiger partial charge >= 0.3 is 6.09 Å². The van der Waals surface area contributed by atoms with E-state index in [1.165, 1.54) is 42.4 Å². The molecule has 2 amide bonds. The van der Waals surface area contributed by atoms with E-state index in [0.717, 1.165) is 69.8 Å². The Morgan fingerprint density at radius 3 is 2.36 bits per heavy atom. The molecular weight excluding hydrogens is 768 g/mol. The van der Waals surface area contributed by atoms with Gasteiger partial charge in [-0.15, -0.1) is 0 Å². The van der Waals surface area contributed by atoms with E-state index in [-0.39, 0.29) is 64.7 Å². The second-order valence-corrected chi connectivity index (χ2v) is 18.8. The van der Waals surface area contributed by atoms with Gasteiger partial charge in [0.05, 0.1) is 35.7 Å². The van der Waals surface area contributed by atoms with Gasteiger partial charge in [0.1, 0.15) is 11.6 Å². The number of sulfone groups is 1. The first-order valence-corrected chi connectivity index (χ1v) is 21.9. The minimum absolute atomic E-state index is 0.0273. The number of fused-ring (bicyclic) bond motifs is 1. The highest BCUT2D eigenvalue weighted by atomic mass is 32.2. The molecule has 14 heteroatoms. The lowest BCUT2D eigenvalue weighted by atomic mass is 9.57. The number of alkyl halides is 1. The van der Waals surface area contributed by atoms with E-state index in [1.54, 1.807) is 29.2 Å². The molecule has 1 aliphatic carbocycles. The number of nitrogens with one attached hydrogen (secondary N) is 1. The zero-order valence-corrected chi connectivity index (χ0v) is 33.8. The average molecular weight is 820 g/mol. The number of hydrogen-bond donors (Lipinski definition) is 1. The summed E-state index contributed by atoms with van der Waals surface area (Å²) >= 11 is 0. The molecular formula is C44H52F3N5O5S. The van der Waals surface area contributed by atoms with Crippen LogP contribution in [0, 0.1) is 23.5 Å². The molecule has 4 aliphatic heterocycles. The molecule has 0 aromatic heterocycles. The fraction of sp³-hybridized carbons (Fsp3) is 0.500. The van der Waals surface area contributed by atoms with Crippen molar-refractivity contribution in [1.82, 2.24) is 15.1 Å². The van der Waals surface area contributed by atoms with Crippen LogP contribution in [0.2, 0.25) is 0 Å². The van der Waals surface area contributed by atoms with E-state index in [0.29, 0.717) is 37.3 Å². The number of carbonyl (C=O) groups is 2. The van der Waals surface area contributed by atoms with Crippen LogP contribution < -0.4 is 15.1 Å². The Labute approximate surface area is 338 Å². The van der Waals surface area contributed by atoms with Crippen LogP contribution in [-0.2, 0) is 31.2 Å². The minimum Gasteiger partial charge on any atom is -0.453 e. The van der Waals surface area contributed by atoms with Gasteiger partial charge in [-0.05, 0) is 136 Å². The van der Waals surface area contributed by atoms with Crippen molar-refractivity contribution in [1.29, 1.82) is 0 Å². The lowest BCUT2D eigenvalue weighted by molar-refractivity contribution is -0.114. The van der Waals surface area contributed by atoms with E-state index in [4.69, 9.17) is 4.74 Å². The van der Waals surface area contributed by atoms with Crippen LogP contribution in [0.25, 0.3) is 0 Å². The second-order valence-electron chi connectivity index (χ2n) is 16.8. The van der Waals surface area contributed by atoms with Gasteiger partial charge in [-0.1, -0.05) is 31.2 Å². The predicted octanol–water partition coefficient (Wildman–Crippen LogP) is 6.28. The van der Waals surface area contributed by atoms with Crippen LogP contribution in [-0.4, -0.2) is 108 Å². The Bertz CT molecular complexity index is 2170. The van der Waals surface area contributed by atoms with Crippen molar-refractivity contribution in [2.24, 2.45) is 11.8 Å². The molecule has 0 unspecified atom stereocenters. The molecule has 0 bridgehead atoms. The monoisotopic (exact) mass is 819 g/mol. The molecule has 3 saturated heterocycles. The van der Waals surface area contributed by atoms with Crippen molar-refractivity contribution in [3.63, 3.8) is 0 Å². The SMILES string of the molecule is C=CC(=O)N1CCc2c1cccc2S(=O)(=O)c1ccc(N2CC(F)(CN3CCC([C@@](CN4CCC4)(c4cccc(F)c4)[C@H]4CCC[C@@H]4NC(=O)OC)CC3)C2)c(F)c1. The Balaban J connectivity index is 0.949. The maximum Gasteiger partial charge on any atom is 0.407 e. The van der Waals surface area contributed by atoms with E-state index in [2.05, 4.69) is 21.7 Å². The standard InChI is InChI=1S/C44H52F3N5O5S/c1-3-41(53)52-23-18-34-38(52)12-6-13-40(34)58(55,56)33-14-15-39(36(46)25-33)51-27-43(47,28-51)26-50-21-16-30(17-22-50)44(29-49-19-7-20-49,31-8-4-9-32(45)24-31)35-10-5-11-37(35)48-42(54)57-2/h3-4,6,8-9,12-15,24-25,30,35,37H,1,5,7,10-11,16-23,26-29H2,2H3,(H,48,54)/t35-,37-,44-/m0/s1. The summed E-state index contributed by atoms with van der Waals surface area (Å²) in [7, 11) is -2.75. The van der Waals surface area contributed by atoms with E-state index in [9.17, 15) is 18.0 Å². The number of ether oxygens (including phenoxy) is 1. The molecule has 10 nitrogen and oxygen atoms in total. The highest BCUT2D eigenvalue weighted by molar-refractivity contribution is 7.91.